The van der Waals surface area contributed by atoms with Gasteiger partial charge in [0.25, 0.3) is 0 Å². The second kappa shape index (κ2) is 7.07. The summed E-state index contributed by atoms with van der Waals surface area (Å²) in [6, 6.07) is 0. The van der Waals surface area contributed by atoms with E-state index in [1.54, 1.807) is 0 Å². The molecule has 2 saturated heterocycles. The Kier molecular flexibility index (Phi) is 5.41. The first-order valence-electron chi connectivity index (χ1n) is 7.23. The van der Waals surface area contributed by atoms with Gasteiger partial charge in [-0.2, -0.15) is 0 Å². The van der Waals surface area contributed by atoms with E-state index in [1.165, 1.54) is 0 Å². The fraction of sp³-hybridized carbons (Fsp3) is 0.923. The van der Waals surface area contributed by atoms with Crippen LogP contribution in [0.15, 0.2) is 0 Å². The normalized spacial score (nSPS) is 23.3. The smallest absolute Gasteiger partial charge is 0.223 e. The molecule has 0 aromatic heterocycles. The average Bonchev–Trinajstić information content (AvgIpc) is 2.46. The van der Waals surface area contributed by atoms with Crippen molar-refractivity contribution in [1.82, 2.24) is 20.0 Å². The first-order valence-corrected chi connectivity index (χ1v) is 7.23. The molecule has 2 aliphatic rings. The molecule has 0 bridgehead atoms. The Bertz CT molecular complexity index is 258. The minimum atomic E-state index is 0.337. The molecule has 18 heavy (non-hydrogen) atoms. The van der Waals surface area contributed by atoms with E-state index < -0.39 is 0 Å². The lowest BCUT2D eigenvalue weighted by Crippen LogP contribution is -2.49. The molecule has 2 aliphatic heterocycles. The molecular weight excluding hydrogens is 228 g/mol. The molecule has 0 saturated carbocycles. The quantitative estimate of drug-likeness (QED) is 0.730. The highest BCUT2D eigenvalue weighted by Gasteiger charge is 2.20. The highest BCUT2D eigenvalue weighted by Crippen LogP contribution is 2.04. The van der Waals surface area contributed by atoms with E-state index in [1.807, 2.05) is 4.90 Å². The van der Waals surface area contributed by atoms with Crippen molar-refractivity contribution in [2.75, 3.05) is 65.4 Å². The van der Waals surface area contributed by atoms with E-state index in [0.717, 1.165) is 65.4 Å². The zero-order chi connectivity index (χ0) is 12.8. The van der Waals surface area contributed by atoms with Crippen LogP contribution >= 0.6 is 0 Å². The van der Waals surface area contributed by atoms with Crippen molar-refractivity contribution in [3.05, 3.63) is 0 Å². The summed E-state index contributed by atoms with van der Waals surface area (Å²) in [5, 5.41) is 3.33. The Balaban J connectivity index is 1.65. The maximum Gasteiger partial charge on any atom is 0.223 e. The fourth-order valence-electron chi connectivity index (χ4n) is 2.66. The molecule has 2 heterocycles. The zero-order valence-electron chi connectivity index (χ0n) is 11.5. The number of rotatable bonds is 4. The van der Waals surface area contributed by atoms with Gasteiger partial charge in [-0.25, -0.2) is 0 Å². The van der Waals surface area contributed by atoms with Crippen LogP contribution in [0.3, 0.4) is 0 Å². The van der Waals surface area contributed by atoms with E-state index >= 15 is 0 Å². The third-order valence-electron chi connectivity index (χ3n) is 4.02. The summed E-state index contributed by atoms with van der Waals surface area (Å²) in [5.74, 6) is 0.337. The van der Waals surface area contributed by atoms with Crippen molar-refractivity contribution in [1.29, 1.82) is 0 Å². The number of hydrogen-bond acceptors (Lipinski definition) is 4. The SMILES string of the molecule is CCN1CCN(C(=O)CCN2CCNCC2)CC1. The Morgan fingerprint density at radius 3 is 2.28 bits per heavy atom. The van der Waals surface area contributed by atoms with Gasteiger partial charge in [0, 0.05) is 65.3 Å². The molecule has 0 unspecified atom stereocenters. The number of hydrogen-bond donors (Lipinski definition) is 1. The summed E-state index contributed by atoms with van der Waals surface area (Å²) < 4.78 is 0. The average molecular weight is 254 g/mol. The molecule has 0 aromatic carbocycles. The zero-order valence-corrected chi connectivity index (χ0v) is 11.5. The third-order valence-corrected chi connectivity index (χ3v) is 4.02. The first kappa shape index (κ1) is 13.8. The standard InChI is InChI=1S/C13H26N4O/c1-2-15-9-11-17(12-10-15)13(18)3-6-16-7-4-14-5-8-16/h14H,2-12H2,1H3. The monoisotopic (exact) mass is 254 g/mol. The lowest BCUT2D eigenvalue weighted by Gasteiger charge is -2.34. The molecule has 2 fully saturated rings. The number of carbonyl (C=O) groups is 1. The molecule has 5 nitrogen and oxygen atoms in total. The van der Waals surface area contributed by atoms with Crippen LogP contribution in [0, 0.1) is 0 Å². The molecule has 5 heteroatoms. The predicted octanol–water partition coefficient (Wildman–Crippen LogP) is -0.554. The van der Waals surface area contributed by atoms with Crippen LogP contribution in [0.1, 0.15) is 13.3 Å². The van der Waals surface area contributed by atoms with Crippen molar-refractivity contribution >= 4 is 5.91 Å². The summed E-state index contributed by atoms with van der Waals surface area (Å²) in [6.07, 6.45) is 0.687. The lowest BCUT2D eigenvalue weighted by molar-refractivity contribution is -0.133. The molecule has 0 aromatic rings. The van der Waals surface area contributed by atoms with E-state index in [2.05, 4.69) is 22.0 Å². The molecule has 0 atom stereocenters. The Labute approximate surface area is 110 Å². The molecular formula is C13H26N4O. The van der Waals surface area contributed by atoms with Crippen molar-refractivity contribution in [2.45, 2.75) is 13.3 Å². The molecule has 1 N–H and O–H groups in total. The van der Waals surface area contributed by atoms with E-state index in [0.29, 0.717) is 12.3 Å². The summed E-state index contributed by atoms with van der Waals surface area (Å²) in [7, 11) is 0. The van der Waals surface area contributed by atoms with Crippen LogP contribution < -0.4 is 5.32 Å². The minimum Gasteiger partial charge on any atom is -0.340 e. The van der Waals surface area contributed by atoms with Crippen molar-refractivity contribution < 1.29 is 4.79 Å². The molecule has 104 valence electrons. The van der Waals surface area contributed by atoms with Gasteiger partial charge in [0.05, 0.1) is 0 Å². The van der Waals surface area contributed by atoms with Crippen LogP contribution in [-0.2, 0) is 4.79 Å². The number of amides is 1. The van der Waals surface area contributed by atoms with Gasteiger partial charge in [-0.05, 0) is 6.54 Å². The van der Waals surface area contributed by atoms with E-state index in [9.17, 15) is 4.79 Å². The van der Waals surface area contributed by atoms with Gasteiger partial charge in [0.2, 0.25) is 5.91 Å². The summed E-state index contributed by atoms with van der Waals surface area (Å²) >= 11 is 0. The van der Waals surface area contributed by atoms with E-state index in [4.69, 9.17) is 0 Å². The number of carbonyl (C=O) groups excluding carboxylic acids is 1. The highest BCUT2D eigenvalue weighted by atomic mass is 16.2. The van der Waals surface area contributed by atoms with Gasteiger partial charge >= 0.3 is 0 Å². The second-order valence-electron chi connectivity index (χ2n) is 5.16. The molecule has 0 spiro atoms. The van der Waals surface area contributed by atoms with Crippen LogP contribution in [-0.4, -0.2) is 86.1 Å². The van der Waals surface area contributed by atoms with Crippen LogP contribution in [0.25, 0.3) is 0 Å². The number of nitrogens with zero attached hydrogens (tertiary/aromatic N) is 3. The summed E-state index contributed by atoms with van der Waals surface area (Å²) in [6.45, 7) is 12.4. The summed E-state index contributed by atoms with van der Waals surface area (Å²) in [5.41, 5.74) is 0. The van der Waals surface area contributed by atoms with E-state index in [-0.39, 0.29) is 0 Å². The summed E-state index contributed by atoms with van der Waals surface area (Å²) in [4.78, 5) is 18.9. The van der Waals surface area contributed by atoms with Gasteiger partial charge in [-0.1, -0.05) is 6.92 Å². The van der Waals surface area contributed by atoms with Gasteiger partial charge in [-0.15, -0.1) is 0 Å². The molecule has 1 amide bonds. The van der Waals surface area contributed by atoms with Gasteiger partial charge in [0.1, 0.15) is 0 Å². The van der Waals surface area contributed by atoms with Crippen LogP contribution in [0.4, 0.5) is 0 Å². The molecule has 0 radical (unpaired) electrons. The van der Waals surface area contributed by atoms with Crippen molar-refractivity contribution in [3.63, 3.8) is 0 Å². The minimum absolute atomic E-state index is 0.337. The van der Waals surface area contributed by atoms with Crippen LogP contribution in [0.2, 0.25) is 0 Å². The van der Waals surface area contributed by atoms with Crippen LogP contribution in [0.5, 0.6) is 0 Å². The topological polar surface area (TPSA) is 38.8 Å². The highest BCUT2D eigenvalue weighted by molar-refractivity contribution is 5.76. The van der Waals surface area contributed by atoms with Crippen molar-refractivity contribution in [3.8, 4) is 0 Å². The first-order chi connectivity index (χ1) is 8.79. The van der Waals surface area contributed by atoms with Gasteiger partial charge < -0.3 is 20.0 Å². The predicted molar refractivity (Wildman–Crippen MR) is 72.6 cm³/mol. The lowest BCUT2D eigenvalue weighted by atomic mass is 10.2. The second-order valence-corrected chi connectivity index (χ2v) is 5.16. The third kappa shape index (κ3) is 3.93. The number of piperazine rings is 2. The Morgan fingerprint density at radius 1 is 1.00 bits per heavy atom. The number of likely N-dealkylation sites (N-methyl/N-ethyl adjacent to an activating group) is 1. The number of nitrogens with one attached hydrogen (secondary N) is 1. The Hall–Kier alpha value is -0.650. The fourth-order valence-corrected chi connectivity index (χ4v) is 2.66. The van der Waals surface area contributed by atoms with Crippen molar-refractivity contribution in [2.24, 2.45) is 0 Å². The van der Waals surface area contributed by atoms with Gasteiger partial charge in [0.15, 0.2) is 0 Å². The maximum absolute atomic E-state index is 12.1. The van der Waals surface area contributed by atoms with Gasteiger partial charge in [-0.3, -0.25) is 4.79 Å². The molecule has 0 aliphatic carbocycles. The Morgan fingerprint density at radius 2 is 1.67 bits per heavy atom. The molecule has 2 rings (SSSR count). The largest absolute Gasteiger partial charge is 0.340 e. The maximum atomic E-state index is 12.1.